The van der Waals surface area contributed by atoms with E-state index in [1.807, 2.05) is 18.2 Å². The molecule has 0 aliphatic heterocycles. The largest absolute Gasteiger partial charge is 0.497 e. The summed E-state index contributed by atoms with van der Waals surface area (Å²) in [6.45, 7) is 1.35. The number of ether oxygens (including phenoxy) is 2. The number of amides is 1. The molecule has 0 bridgehead atoms. The maximum atomic E-state index is 11.7. The zero-order chi connectivity index (χ0) is 14.8. The van der Waals surface area contributed by atoms with Gasteiger partial charge in [-0.05, 0) is 49.6 Å². The highest BCUT2D eigenvalue weighted by atomic mass is 35.5. The number of nitrogens with two attached hydrogens (primary N) is 1. The third-order valence-corrected chi connectivity index (χ3v) is 3.06. The molecule has 0 aliphatic rings. The van der Waals surface area contributed by atoms with Gasteiger partial charge in [0.2, 0.25) is 5.91 Å². The lowest BCUT2D eigenvalue weighted by Gasteiger charge is -2.10. The molecule has 0 unspecified atom stereocenters. The lowest BCUT2D eigenvalue weighted by Crippen LogP contribution is -2.25. The van der Waals surface area contributed by atoms with Gasteiger partial charge < -0.3 is 20.5 Å². The molecular weight excluding hydrogens is 292 g/mol. The fourth-order valence-corrected chi connectivity index (χ4v) is 1.91. The van der Waals surface area contributed by atoms with Crippen molar-refractivity contribution in [2.75, 3.05) is 27.3 Å². The van der Waals surface area contributed by atoms with Crippen LogP contribution in [0.3, 0.4) is 0 Å². The highest BCUT2D eigenvalue weighted by Crippen LogP contribution is 2.24. The molecule has 0 fully saturated rings. The molecule has 5 nitrogen and oxygen atoms in total. The number of aryl methyl sites for hydroxylation is 1. The first kappa shape index (κ1) is 19.5. The van der Waals surface area contributed by atoms with E-state index in [-0.39, 0.29) is 18.3 Å². The second-order valence-electron chi connectivity index (χ2n) is 4.52. The van der Waals surface area contributed by atoms with Crippen LogP contribution in [0.5, 0.6) is 11.5 Å². The maximum absolute atomic E-state index is 11.7. The molecule has 0 atom stereocenters. The van der Waals surface area contributed by atoms with Gasteiger partial charge in [0.1, 0.15) is 11.5 Å². The molecule has 0 heterocycles. The van der Waals surface area contributed by atoms with Gasteiger partial charge in [-0.1, -0.05) is 0 Å². The van der Waals surface area contributed by atoms with Crippen LogP contribution in [-0.4, -0.2) is 33.2 Å². The second kappa shape index (κ2) is 11.2. The minimum absolute atomic E-state index is 0. The van der Waals surface area contributed by atoms with Gasteiger partial charge in [-0.2, -0.15) is 0 Å². The number of carbonyl (C=O) groups is 1. The Bertz CT molecular complexity index is 427. The molecule has 120 valence electrons. The van der Waals surface area contributed by atoms with Gasteiger partial charge in [-0.25, -0.2) is 0 Å². The van der Waals surface area contributed by atoms with Crippen LogP contribution < -0.4 is 20.5 Å². The summed E-state index contributed by atoms with van der Waals surface area (Å²) < 4.78 is 10.5. The molecule has 1 rings (SSSR count). The van der Waals surface area contributed by atoms with Crippen molar-refractivity contribution in [3.05, 3.63) is 23.8 Å². The van der Waals surface area contributed by atoms with Crippen molar-refractivity contribution < 1.29 is 14.3 Å². The number of halogens is 1. The van der Waals surface area contributed by atoms with Crippen molar-refractivity contribution in [2.45, 2.75) is 25.7 Å². The number of nitrogens with one attached hydrogen (secondary N) is 1. The minimum Gasteiger partial charge on any atom is -0.497 e. The normalized spacial score (nSPS) is 9.67. The van der Waals surface area contributed by atoms with Crippen LogP contribution in [-0.2, 0) is 11.2 Å². The third kappa shape index (κ3) is 7.20. The van der Waals surface area contributed by atoms with E-state index in [2.05, 4.69) is 5.32 Å². The van der Waals surface area contributed by atoms with E-state index >= 15 is 0 Å². The van der Waals surface area contributed by atoms with Crippen LogP contribution in [0.1, 0.15) is 24.8 Å². The molecule has 0 radical (unpaired) electrons. The summed E-state index contributed by atoms with van der Waals surface area (Å²) in [6, 6.07) is 5.60. The zero-order valence-corrected chi connectivity index (χ0v) is 13.5. The number of rotatable bonds is 9. The SMILES string of the molecule is COc1ccc(OC)c(CCC(=O)NCCCCN)c1.Cl. The number of hydrogen-bond acceptors (Lipinski definition) is 4. The van der Waals surface area contributed by atoms with Crippen LogP contribution in [0.25, 0.3) is 0 Å². The van der Waals surface area contributed by atoms with Gasteiger partial charge >= 0.3 is 0 Å². The van der Waals surface area contributed by atoms with Crippen molar-refractivity contribution in [3.63, 3.8) is 0 Å². The van der Waals surface area contributed by atoms with E-state index in [1.54, 1.807) is 14.2 Å². The fourth-order valence-electron chi connectivity index (χ4n) is 1.91. The van der Waals surface area contributed by atoms with Gasteiger partial charge in [0.25, 0.3) is 0 Å². The Morgan fingerprint density at radius 1 is 1.24 bits per heavy atom. The predicted octanol–water partition coefficient (Wildman–Crippen LogP) is 1.91. The molecule has 6 heteroatoms. The van der Waals surface area contributed by atoms with Gasteiger partial charge in [0, 0.05) is 13.0 Å². The van der Waals surface area contributed by atoms with Crippen molar-refractivity contribution in [2.24, 2.45) is 5.73 Å². The summed E-state index contributed by atoms with van der Waals surface area (Å²) in [5, 5.41) is 2.89. The highest BCUT2D eigenvalue weighted by Gasteiger charge is 2.08. The van der Waals surface area contributed by atoms with Crippen LogP contribution in [0.4, 0.5) is 0 Å². The Morgan fingerprint density at radius 3 is 2.62 bits per heavy atom. The van der Waals surface area contributed by atoms with E-state index in [1.165, 1.54) is 0 Å². The first-order valence-electron chi connectivity index (χ1n) is 6.89. The van der Waals surface area contributed by atoms with Gasteiger partial charge in [-0.3, -0.25) is 4.79 Å². The molecule has 3 N–H and O–H groups in total. The maximum Gasteiger partial charge on any atom is 0.220 e. The highest BCUT2D eigenvalue weighted by molar-refractivity contribution is 5.85. The Balaban J connectivity index is 0.00000400. The molecule has 0 saturated heterocycles. The lowest BCUT2D eigenvalue weighted by molar-refractivity contribution is -0.121. The molecule has 1 amide bonds. The minimum atomic E-state index is 0. The van der Waals surface area contributed by atoms with E-state index in [0.29, 0.717) is 25.9 Å². The van der Waals surface area contributed by atoms with E-state index in [9.17, 15) is 4.79 Å². The molecule has 21 heavy (non-hydrogen) atoms. The fraction of sp³-hybridized carbons (Fsp3) is 0.533. The van der Waals surface area contributed by atoms with Crippen LogP contribution >= 0.6 is 12.4 Å². The average molecular weight is 317 g/mol. The predicted molar refractivity (Wildman–Crippen MR) is 86.4 cm³/mol. The number of unbranched alkanes of at least 4 members (excludes halogenated alkanes) is 1. The number of benzene rings is 1. The molecule has 1 aromatic carbocycles. The summed E-state index contributed by atoms with van der Waals surface area (Å²) in [5.41, 5.74) is 6.38. The van der Waals surface area contributed by atoms with E-state index < -0.39 is 0 Å². The molecule has 0 spiro atoms. The zero-order valence-electron chi connectivity index (χ0n) is 12.7. The first-order chi connectivity index (χ1) is 9.71. The van der Waals surface area contributed by atoms with Crippen molar-refractivity contribution in [3.8, 4) is 11.5 Å². The number of methoxy groups -OCH3 is 2. The smallest absolute Gasteiger partial charge is 0.220 e. The molecule has 0 aromatic heterocycles. The summed E-state index contributed by atoms with van der Waals surface area (Å²) in [5.74, 6) is 1.60. The number of carbonyl (C=O) groups excluding carboxylic acids is 1. The van der Waals surface area contributed by atoms with Crippen molar-refractivity contribution >= 4 is 18.3 Å². The molecule has 0 aliphatic carbocycles. The first-order valence-corrected chi connectivity index (χ1v) is 6.89. The molecule has 0 saturated carbocycles. The second-order valence-corrected chi connectivity index (χ2v) is 4.52. The van der Waals surface area contributed by atoms with Crippen molar-refractivity contribution in [1.29, 1.82) is 0 Å². The Labute approximate surface area is 132 Å². The summed E-state index contributed by atoms with van der Waals surface area (Å²) in [4.78, 5) is 11.7. The van der Waals surface area contributed by atoms with E-state index in [0.717, 1.165) is 29.9 Å². The average Bonchev–Trinajstić information content (AvgIpc) is 2.49. The van der Waals surface area contributed by atoms with Crippen LogP contribution in [0, 0.1) is 0 Å². The summed E-state index contributed by atoms with van der Waals surface area (Å²) in [6.07, 6.45) is 2.92. The van der Waals surface area contributed by atoms with Crippen LogP contribution in [0.15, 0.2) is 18.2 Å². The monoisotopic (exact) mass is 316 g/mol. The van der Waals surface area contributed by atoms with Crippen molar-refractivity contribution in [1.82, 2.24) is 5.32 Å². The van der Waals surface area contributed by atoms with Gasteiger partial charge in [0.05, 0.1) is 14.2 Å². The van der Waals surface area contributed by atoms with E-state index in [4.69, 9.17) is 15.2 Å². The van der Waals surface area contributed by atoms with Gasteiger partial charge in [-0.15, -0.1) is 12.4 Å². The summed E-state index contributed by atoms with van der Waals surface area (Å²) in [7, 11) is 3.24. The molecular formula is C15H25ClN2O3. The van der Waals surface area contributed by atoms with Gasteiger partial charge in [0.15, 0.2) is 0 Å². The quantitative estimate of drug-likeness (QED) is 0.683. The Morgan fingerprint density at radius 2 is 2.00 bits per heavy atom. The third-order valence-electron chi connectivity index (χ3n) is 3.06. The lowest BCUT2D eigenvalue weighted by atomic mass is 10.1. The topological polar surface area (TPSA) is 73.6 Å². The number of hydrogen-bond donors (Lipinski definition) is 2. The Hall–Kier alpha value is -1.46. The summed E-state index contributed by atoms with van der Waals surface area (Å²) >= 11 is 0. The molecule has 1 aromatic rings. The van der Waals surface area contributed by atoms with Crippen LogP contribution in [0.2, 0.25) is 0 Å². The standard InChI is InChI=1S/C15H24N2O3.ClH/c1-19-13-6-7-14(20-2)12(11-13)5-8-15(18)17-10-4-3-9-16;/h6-7,11H,3-5,8-10,16H2,1-2H3,(H,17,18);1H. The Kier molecular flexibility index (Phi) is 10.4.